The van der Waals surface area contributed by atoms with Gasteiger partial charge < -0.3 is 15.2 Å². The van der Waals surface area contributed by atoms with E-state index in [0.29, 0.717) is 11.1 Å². The fourth-order valence-corrected chi connectivity index (χ4v) is 2.71. The number of nitrogens with zero attached hydrogens (tertiary/aromatic N) is 2. The van der Waals surface area contributed by atoms with E-state index < -0.39 is 0 Å². The molecular formula is C14H23N3O. The van der Waals surface area contributed by atoms with Gasteiger partial charge in [-0.1, -0.05) is 13.8 Å². The van der Waals surface area contributed by atoms with E-state index in [1.54, 1.807) is 16.8 Å². The average molecular weight is 249 g/mol. The Morgan fingerprint density at radius 3 is 2.83 bits per heavy atom. The normalized spacial score (nSPS) is 19.9. The molecule has 0 bridgehead atoms. The molecule has 1 aromatic rings. The smallest absolute Gasteiger partial charge is 0.250 e. The zero-order valence-corrected chi connectivity index (χ0v) is 11.4. The lowest BCUT2D eigenvalue weighted by atomic mass is 9.84. The predicted octanol–water partition coefficient (Wildman–Crippen LogP) is 1.55. The molecule has 0 amide bonds. The Bertz CT molecular complexity index is 464. The molecule has 0 spiro atoms. The first kappa shape index (κ1) is 13.1. The van der Waals surface area contributed by atoms with Crippen molar-refractivity contribution >= 4 is 5.69 Å². The molecule has 1 aromatic heterocycles. The molecule has 0 aromatic carbocycles. The Morgan fingerprint density at radius 2 is 2.11 bits per heavy atom. The third-order valence-electron chi connectivity index (χ3n) is 3.64. The van der Waals surface area contributed by atoms with E-state index in [0.717, 1.165) is 26.2 Å². The third kappa shape index (κ3) is 3.35. The Morgan fingerprint density at radius 1 is 1.33 bits per heavy atom. The molecule has 1 aliphatic heterocycles. The van der Waals surface area contributed by atoms with Gasteiger partial charge in [0.1, 0.15) is 0 Å². The summed E-state index contributed by atoms with van der Waals surface area (Å²) in [6.07, 6.45) is 4.28. The minimum Gasteiger partial charge on any atom is -0.398 e. The third-order valence-corrected chi connectivity index (χ3v) is 3.64. The van der Waals surface area contributed by atoms with E-state index in [4.69, 9.17) is 5.73 Å². The summed E-state index contributed by atoms with van der Waals surface area (Å²) in [6.45, 7) is 8.52. The number of hydrogen-bond donors (Lipinski definition) is 1. The molecule has 0 radical (unpaired) electrons. The second-order valence-corrected chi connectivity index (χ2v) is 6.04. The van der Waals surface area contributed by atoms with Gasteiger partial charge in [-0.25, -0.2) is 0 Å². The molecular weight excluding hydrogens is 226 g/mol. The second-order valence-electron chi connectivity index (χ2n) is 6.04. The molecule has 2 N–H and O–H groups in total. The van der Waals surface area contributed by atoms with Crippen LogP contribution in [0, 0.1) is 5.41 Å². The summed E-state index contributed by atoms with van der Waals surface area (Å²) in [6, 6.07) is 3.19. The Kier molecular flexibility index (Phi) is 3.76. The van der Waals surface area contributed by atoms with Crippen molar-refractivity contribution in [3.63, 3.8) is 0 Å². The second kappa shape index (κ2) is 5.14. The maximum absolute atomic E-state index is 11.7. The minimum atomic E-state index is 0.0282. The summed E-state index contributed by atoms with van der Waals surface area (Å²) >= 11 is 0. The summed E-state index contributed by atoms with van der Waals surface area (Å²) in [4.78, 5) is 14.1. The number of anilines is 1. The molecule has 0 saturated carbocycles. The fraction of sp³-hybridized carbons (Fsp3) is 0.643. The van der Waals surface area contributed by atoms with Crippen molar-refractivity contribution in [1.82, 2.24) is 9.47 Å². The first-order valence-electron chi connectivity index (χ1n) is 6.65. The number of nitrogen functional groups attached to an aromatic ring is 1. The van der Waals surface area contributed by atoms with Crippen molar-refractivity contribution in [3.8, 4) is 0 Å². The highest BCUT2D eigenvalue weighted by molar-refractivity contribution is 5.33. The summed E-state index contributed by atoms with van der Waals surface area (Å²) in [7, 11) is 0. The van der Waals surface area contributed by atoms with Crippen LogP contribution in [0.2, 0.25) is 0 Å². The summed E-state index contributed by atoms with van der Waals surface area (Å²) < 4.78 is 1.71. The van der Waals surface area contributed by atoms with Gasteiger partial charge in [0.15, 0.2) is 0 Å². The van der Waals surface area contributed by atoms with Crippen LogP contribution < -0.4 is 11.3 Å². The van der Waals surface area contributed by atoms with Crippen LogP contribution in [-0.4, -0.2) is 29.1 Å². The van der Waals surface area contributed by atoms with Gasteiger partial charge in [0, 0.05) is 37.6 Å². The molecule has 1 aliphatic rings. The molecule has 4 nitrogen and oxygen atoms in total. The number of rotatable bonds is 3. The standard InChI is InChI=1S/C14H23N3O/c1-14(2)6-3-7-16(11-14)8-9-17-10-12(15)4-5-13(17)18/h4-5,10H,3,6-9,11,15H2,1-2H3. The molecule has 0 aliphatic carbocycles. The van der Waals surface area contributed by atoms with Gasteiger partial charge >= 0.3 is 0 Å². The highest BCUT2D eigenvalue weighted by Gasteiger charge is 2.25. The number of likely N-dealkylation sites (tertiary alicyclic amines) is 1. The van der Waals surface area contributed by atoms with E-state index >= 15 is 0 Å². The van der Waals surface area contributed by atoms with Gasteiger partial charge in [-0.2, -0.15) is 0 Å². The SMILES string of the molecule is CC1(C)CCCN(CCn2cc(N)ccc2=O)C1. The van der Waals surface area contributed by atoms with Crippen LogP contribution in [0.3, 0.4) is 0 Å². The van der Waals surface area contributed by atoms with Gasteiger partial charge in [-0.15, -0.1) is 0 Å². The van der Waals surface area contributed by atoms with Gasteiger partial charge in [-0.05, 0) is 30.9 Å². The van der Waals surface area contributed by atoms with Gasteiger partial charge in [0.05, 0.1) is 0 Å². The minimum absolute atomic E-state index is 0.0282. The number of piperidine rings is 1. The molecule has 0 atom stereocenters. The van der Waals surface area contributed by atoms with Crippen molar-refractivity contribution in [2.24, 2.45) is 5.41 Å². The summed E-state index contributed by atoms with van der Waals surface area (Å²) in [5, 5.41) is 0. The summed E-state index contributed by atoms with van der Waals surface area (Å²) in [5.41, 5.74) is 6.78. The Hall–Kier alpha value is -1.29. The van der Waals surface area contributed by atoms with Gasteiger partial charge in [0.2, 0.25) is 0 Å². The van der Waals surface area contributed by atoms with Crippen LogP contribution in [0.4, 0.5) is 5.69 Å². The Labute approximate surface area is 108 Å². The quantitative estimate of drug-likeness (QED) is 0.884. The monoisotopic (exact) mass is 249 g/mol. The lowest BCUT2D eigenvalue weighted by Gasteiger charge is -2.38. The highest BCUT2D eigenvalue weighted by Crippen LogP contribution is 2.28. The van der Waals surface area contributed by atoms with Crippen molar-refractivity contribution in [3.05, 3.63) is 28.7 Å². The van der Waals surface area contributed by atoms with E-state index in [-0.39, 0.29) is 5.56 Å². The fourth-order valence-electron chi connectivity index (χ4n) is 2.71. The first-order valence-corrected chi connectivity index (χ1v) is 6.65. The lowest BCUT2D eigenvalue weighted by Crippen LogP contribution is -2.42. The maximum Gasteiger partial charge on any atom is 0.250 e. The largest absolute Gasteiger partial charge is 0.398 e. The molecule has 1 fully saturated rings. The molecule has 4 heteroatoms. The molecule has 2 heterocycles. The molecule has 18 heavy (non-hydrogen) atoms. The highest BCUT2D eigenvalue weighted by atomic mass is 16.1. The van der Waals surface area contributed by atoms with Crippen LogP contribution in [0.15, 0.2) is 23.1 Å². The maximum atomic E-state index is 11.7. The van der Waals surface area contributed by atoms with E-state index in [1.165, 1.54) is 18.9 Å². The molecule has 100 valence electrons. The van der Waals surface area contributed by atoms with Gasteiger partial charge in [-0.3, -0.25) is 4.79 Å². The molecule has 2 rings (SSSR count). The average Bonchev–Trinajstić information content (AvgIpc) is 2.29. The molecule has 0 unspecified atom stereocenters. The van der Waals surface area contributed by atoms with Crippen LogP contribution >= 0.6 is 0 Å². The Balaban J connectivity index is 1.95. The number of nitrogens with two attached hydrogens (primary N) is 1. The lowest BCUT2D eigenvalue weighted by molar-refractivity contribution is 0.114. The number of hydrogen-bond acceptors (Lipinski definition) is 3. The number of aromatic nitrogens is 1. The van der Waals surface area contributed by atoms with Crippen LogP contribution in [0.25, 0.3) is 0 Å². The van der Waals surface area contributed by atoms with E-state index in [2.05, 4.69) is 18.7 Å². The topological polar surface area (TPSA) is 51.3 Å². The zero-order valence-electron chi connectivity index (χ0n) is 11.4. The zero-order chi connectivity index (χ0) is 13.2. The van der Waals surface area contributed by atoms with Crippen molar-refractivity contribution in [2.45, 2.75) is 33.2 Å². The van der Waals surface area contributed by atoms with Crippen molar-refractivity contribution in [1.29, 1.82) is 0 Å². The van der Waals surface area contributed by atoms with Crippen LogP contribution in [0.1, 0.15) is 26.7 Å². The summed E-state index contributed by atoms with van der Waals surface area (Å²) in [5.74, 6) is 0. The van der Waals surface area contributed by atoms with Gasteiger partial charge in [0.25, 0.3) is 5.56 Å². The van der Waals surface area contributed by atoms with E-state index in [9.17, 15) is 4.79 Å². The number of pyridine rings is 1. The van der Waals surface area contributed by atoms with Crippen molar-refractivity contribution in [2.75, 3.05) is 25.4 Å². The molecule has 1 saturated heterocycles. The van der Waals surface area contributed by atoms with Crippen LogP contribution in [-0.2, 0) is 6.54 Å². The first-order chi connectivity index (χ1) is 8.46. The predicted molar refractivity (Wildman–Crippen MR) is 74.6 cm³/mol. The van der Waals surface area contributed by atoms with Crippen LogP contribution in [0.5, 0.6) is 0 Å². The van der Waals surface area contributed by atoms with E-state index in [1.807, 2.05) is 0 Å². The van der Waals surface area contributed by atoms with Crippen molar-refractivity contribution < 1.29 is 0 Å².